The predicted molar refractivity (Wildman–Crippen MR) is 121 cm³/mol. The zero-order valence-corrected chi connectivity index (χ0v) is 19.2. The highest BCUT2D eigenvalue weighted by atomic mass is 35.5. The second kappa shape index (κ2) is 10.5. The Balaban J connectivity index is 2.13. The van der Waals surface area contributed by atoms with Gasteiger partial charge in [0, 0.05) is 32.7 Å². The molecule has 33 heavy (non-hydrogen) atoms. The highest BCUT2D eigenvalue weighted by Gasteiger charge is 2.46. The third kappa shape index (κ3) is 5.18. The molecule has 1 unspecified atom stereocenters. The number of aliphatic hydroxyl groups excluding tert-OH is 1. The number of carbonyl (C=O) groups excluding carboxylic acids is 3. The van der Waals surface area contributed by atoms with Crippen molar-refractivity contribution in [3.63, 3.8) is 0 Å². The molecule has 8 nitrogen and oxygen atoms in total. The van der Waals surface area contributed by atoms with E-state index in [0.29, 0.717) is 30.1 Å². The van der Waals surface area contributed by atoms with E-state index in [4.69, 9.17) is 25.8 Å². The molecule has 1 atom stereocenters. The van der Waals surface area contributed by atoms with Gasteiger partial charge in [0.25, 0.3) is 11.7 Å². The molecule has 0 spiro atoms. The zero-order valence-electron chi connectivity index (χ0n) is 18.5. The van der Waals surface area contributed by atoms with E-state index in [2.05, 4.69) is 0 Å². The first-order valence-corrected chi connectivity index (χ1v) is 10.6. The van der Waals surface area contributed by atoms with Crippen molar-refractivity contribution < 1.29 is 33.7 Å². The normalized spacial score (nSPS) is 17.3. The maximum Gasteiger partial charge on any atom is 0.308 e. The molecule has 174 valence electrons. The van der Waals surface area contributed by atoms with Gasteiger partial charge in [0.05, 0.1) is 23.7 Å². The van der Waals surface area contributed by atoms with Crippen LogP contribution in [0.4, 0.5) is 0 Å². The third-order valence-corrected chi connectivity index (χ3v) is 5.50. The van der Waals surface area contributed by atoms with Crippen LogP contribution < -0.4 is 9.47 Å². The molecule has 3 rings (SSSR count). The fourth-order valence-electron chi connectivity index (χ4n) is 3.68. The number of esters is 1. The van der Waals surface area contributed by atoms with Crippen LogP contribution >= 0.6 is 11.6 Å². The maximum atomic E-state index is 13.0. The molecule has 9 heteroatoms. The van der Waals surface area contributed by atoms with Gasteiger partial charge < -0.3 is 24.2 Å². The number of hydrogen-bond donors (Lipinski definition) is 1. The average molecular weight is 474 g/mol. The summed E-state index contributed by atoms with van der Waals surface area (Å²) in [5.74, 6) is -1.68. The van der Waals surface area contributed by atoms with E-state index in [1.807, 2.05) is 0 Å². The first kappa shape index (κ1) is 24.3. The van der Waals surface area contributed by atoms with Crippen molar-refractivity contribution in [3.8, 4) is 11.5 Å². The van der Waals surface area contributed by atoms with Crippen molar-refractivity contribution in [2.24, 2.45) is 0 Å². The van der Waals surface area contributed by atoms with Gasteiger partial charge in [-0.25, -0.2) is 0 Å². The Hall–Kier alpha value is -3.36. The molecule has 0 bridgehead atoms. The number of methoxy groups -OCH3 is 2. The van der Waals surface area contributed by atoms with Crippen LogP contribution in [-0.4, -0.2) is 55.0 Å². The monoisotopic (exact) mass is 473 g/mol. The molecule has 1 aliphatic rings. The largest absolute Gasteiger partial charge is 0.507 e. The van der Waals surface area contributed by atoms with Gasteiger partial charge in [-0.15, -0.1) is 0 Å². The van der Waals surface area contributed by atoms with E-state index in [9.17, 15) is 19.5 Å². The topological polar surface area (TPSA) is 102 Å². The number of halogens is 1. The molecule has 2 aromatic rings. The molecule has 0 aromatic heterocycles. The second-order valence-electron chi connectivity index (χ2n) is 7.35. The summed E-state index contributed by atoms with van der Waals surface area (Å²) in [6, 6.07) is 10.2. The fourth-order valence-corrected chi connectivity index (χ4v) is 3.89. The number of hydrogen-bond acceptors (Lipinski definition) is 7. The fraction of sp³-hybridized carbons (Fsp3) is 0.292. The summed E-state index contributed by atoms with van der Waals surface area (Å²) >= 11 is 6.29. The molecular formula is C24H24ClNO7. The highest BCUT2D eigenvalue weighted by molar-refractivity contribution is 6.47. The van der Waals surface area contributed by atoms with Gasteiger partial charge in [-0.05, 0) is 42.3 Å². The summed E-state index contributed by atoms with van der Waals surface area (Å²) in [5.41, 5.74) is 0.642. The Morgan fingerprint density at radius 3 is 2.36 bits per heavy atom. The van der Waals surface area contributed by atoms with Crippen LogP contribution in [0.15, 0.2) is 48.0 Å². The number of ketones is 1. The zero-order chi connectivity index (χ0) is 24.1. The first-order valence-electron chi connectivity index (χ1n) is 10.2. The summed E-state index contributed by atoms with van der Waals surface area (Å²) in [7, 11) is 3.01. The number of likely N-dealkylation sites (tertiary alicyclic amines) is 1. The first-order chi connectivity index (χ1) is 15.8. The lowest BCUT2D eigenvalue weighted by Crippen LogP contribution is -2.31. The number of rotatable bonds is 8. The molecule has 0 radical (unpaired) electrons. The standard InChI is InChI=1S/C24H24ClNO7/c1-14(27)33-16-7-5-15(6-8-16)21-20(23(29)24(30)26(21)11-4-12-31-2)22(28)18-13-17(32-3)9-10-19(18)25/h5-10,13,21,28H,4,11-12H2,1-3H3/b22-20+. The van der Waals surface area contributed by atoms with Crippen LogP contribution in [0.1, 0.15) is 30.5 Å². The van der Waals surface area contributed by atoms with Crippen LogP contribution in [0.2, 0.25) is 5.02 Å². The van der Waals surface area contributed by atoms with Crippen LogP contribution in [0.5, 0.6) is 11.5 Å². The molecule has 1 heterocycles. The summed E-state index contributed by atoms with van der Waals surface area (Å²) in [4.78, 5) is 38.6. The van der Waals surface area contributed by atoms with E-state index in [1.165, 1.54) is 31.1 Å². The van der Waals surface area contributed by atoms with Crippen molar-refractivity contribution in [1.82, 2.24) is 4.90 Å². The summed E-state index contributed by atoms with van der Waals surface area (Å²) in [6.45, 7) is 1.91. The lowest BCUT2D eigenvalue weighted by molar-refractivity contribution is -0.140. The van der Waals surface area contributed by atoms with Gasteiger partial charge in [0.15, 0.2) is 0 Å². The number of nitrogens with zero attached hydrogens (tertiary/aromatic N) is 1. The number of benzene rings is 2. The van der Waals surface area contributed by atoms with Gasteiger partial charge in [0.1, 0.15) is 17.3 Å². The van der Waals surface area contributed by atoms with E-state index in [0.717, 1.165) is 0 Å². The molecule has 0 saturated carbocycles. The number of aliphatic hydroxyl groups is 1. The molecule has 1 aliphatic heterocycles. The van der Waals surface area contributed by atoms with Crippen molar-refractivity contribution >= 4 is 35.0 Å². The van der Waals surface area contributed by atoms with Gasteiger partial charge in [0.2, 0.25) is 0 Å². The van der Waals surface area contributed by atoms with Gasteiger partial charge in [-0.1, -0.05) is 23.7 Å². The number of carbonyl (C=O) groups is 3. The molecule has 2 aromatic carbocycles. The van der Waals surface area contributed by atoms with Crippen LogP contribution in [0.25, 0.3) is 5.76 Å². The number of Topliss-reactive ketones (excluding diaryl/α,β-unsaturated/α-hetero) is 1. The van der Waals surface area contributed by atoms with E-state index >= 15 is 0 Å². The summed E-state index contributed by atoms with van der Waals surface area (Å²) in [6.07, 6.45) is 0.492. The Labute approximate surface area is 196 Å². The molecule has 1 N–H and O–H groups in total. The molecular weight excluding hydrogens is 450 g/mol. The van der Waals surface area contributed by atoms with Crippen LogP contribution in [0, 0.1) is 0 Å². The van der Waals surface area contributed by atoms with Gasteiger partial charge in [-0.3, -0.25) is 14.4 Å². The Bertz CT molecular complexity index is 1090. The SMILES string of the molecule is COCCCN1C(=O)C(=O)/C(=C(/O)c2cc(OC)ccc2Cl)C1c1ccc(OC(C)=O)cc1. The highest BCUT2D eigenvalue weighted by Crippen LogP contribution is 2.41. The summed E-state index contributed by atoms with van der Waals surface area (Å²) in [5, 5.41) is 11.3. The summed E-state index contributed by atoms with van der Waals surface area (Å²) < 4.78 is 15.4. The van der Waals surface area contributed by atoms with Crippen LogP contribution in [0.3, 0.4) is 0 Å². The lowest BCUT2D eigenvalue weighted by Gasteiger charge is -2.25. The molecule has 0 aliphatic carbocycles. The predicted octanol–water partition coefficient (Wildman–Crippen LogP) is 3.73. The number of amides is 1. The van der Waals surface area contributed by atoms with E-state index in [1.54, 1.807) is 37.4 Å². The van der Waals surface area contributed by atoms with Crippen molar-refractivity contribution in [3.05, 3.63) is 64.2 Å². The van der Waals surface area contributed by atoms with Crippen LogP contribution in [-0.2, 0) is 19.1 Å². The van der Waals surface area contributed by atoms with Gasteiger partial charge >= 0.3 is 5.97 Å². The minimum Gasteiger partial charge on any atom is -0.507 e. The van der Waals surface area contributed by atoms with E-state index < -0.39 is 29.5 Å². The molecule has 1 saturated heterocycles. The Kier molecular flexibility index (Phi) is 7.73. The minimum absolute atomic E-state index is 0.0900. The molecule has 1 amide bonds. The van der Waals surface area contributed by atoms with E-state index in [-0.39, 0.29) is 22.7 Å². The number of ether oxygens (including phenoxy) is 3. The van der Waals surface area contributed by atoms with Crippen molar-refractivity contribution in [1.29, 1.82) is 0 Å². The Morgan fingerprint density at radius 2 is 1.76 bits per heavy atom. The quantitative estimate of drug-likeness (QED) is 0.156. The Morgan fingerprint density at radius 1 is 1.09 bits per heavy atom. The second-order valence-corrected chi connectivity index (χ2v) is 7.75. The third-order valence-electron chi connectivity index (χ3n) is 5.17. The smallest absolute Gasteiger partial charge is 0.308 e. The van der Waals surface area contributed by atoms with Gasteiger partial charge in [-0.2, -0.15) is 0 Å². The maximum absolute atomic E-state index is 13.0. The average Bonchev–Trinajstić information content (AvgIpc) is 3.04. The lowest BCUT2D eigenvalue weighted by atomic mass is 9.95. The minimum atomic E-state index is -0.865. The molecule has 1 fully saturated rings. The van der Waals surface area contributed by atoms with Crippen molar-refractivity contribution in [2.75, 3.05) is 27.4 Å². The van der Waals surface area contributed by atoms with Crippen molar-refractivity contribution in [2.45, 2.75) is 19.4 Å².